The fourth-order valence-electron chi connectivity index (χ4n) is 2.43. The van der Waals surface area contributed by atoms with Crippen molar-refractivity contribution in [3.8, 4) is 0 Å². The highest BCUT2D eigenvalue weighted by atomic mass is 35.5. The maximum atomic E-state index is 12.5. The third kappa shape index (κ3) is 4.35. The summed E-state index contributed by atoms with van der Waals surface area (Å²) < 4.78 is 0. The number of amides is 2. The van der Waals surface area contributed by atoms with Crippen LogP contribution in [0.1, 0.15) is 5.56 Å². The summed E-state index contributed by atoms with van der Waals surface area (Å²) in [6.45, 7) is -0.128. The van der Waals surface area contributed by atoms with Gasteiger partial charge in [-0.25, -0.2) is 0 Å². The second kappa shape index (κ2) is 8.35. The van der Waals surface area contributed by atoms with Crippen molar-refractivity contribution in [3.05, 3.63) is 68.5 Å². The third-order valence-corrected chi connectivity index (χ3v) is 5.49. The Bertz CT molecular complexity index is 888. The molecule has 0 saturated carbocycles. The van der Waals surface area contributed by atoms with Gasteiger partial charge in [0.15, 0.2) is 0 Å². The van der Waals surface area contributed by atoms with Crippen LogP contribution >= 0.6 is 46.6 Å². The van der Waals surface area contributed by atoms with Crippen LogP contribution in [0.2, 0.25) is 15.1 Å². The predicted molar refractivity (Wildman–Crippen MR) is 109 cm³/mol. The lowest BCUT2D eigenvalue weighted by Crippen LogP contribution is -2.39. The van der Waals surface area contributed by atoms with E-state index < -0.39 is 0 Å². The first-order valence-electron chi connectivity index (χ1n) is 7.57. The van der Waals surface area contributed by atoms with Gasteiger partial charge in [0, 0.05) is 0 Å². The van der Waals surface area contributed by atoms with E-state index >= 15 is 0 Å². The molecule has 1 aliphatic heterocycles. The number of nitrogens with zero attached hydrogens (tertiary/aromatic N) is 1. The van der Waals surface area contributed by atoms with Gasteiger partial charge in [0.2, 0.25) is 11.8 Å². The highest BCUT2D eigenvalue weighted by Crippen LogP contribution is 2.32. The van der Waals surface area contributed by atoms with Gasteiger partial charge >= 0.3 is 0 Å². The molecule has 134 valence electrons. The molecule has 2 aromatic rings. The summed E-state index contributed by atoms with van der Waals surface area (Å²) in [5, 5.41) is 5.41. The normalized spacial score (nSPS) is 14.2. The van der Waals surface area contributed by atoms with Gasteiger partial charge in [0.25, 0.3) is 0 Å². The van der Waals surface area contributed by atoms with E-state index in [1.807, 2.05) is 35.7 Å². The number of rotatable bonds is 4. The van der Waals surface area contributed by atoms with Crippen molar-refractivity contribution in [2.75, 3.05) is 17.6 Å². The number of nitrogens with one attached hydrogen (secondary N) is 1. The minimum atomic E-state index is -0.382. The summed E-state index contributed by atoms with van der Waals surface area (Å²) in [5.74, 6) is -0.226. The van der Waals surface area contributed by atoms with Crippen LogP contribution in [0.25, 0.3) is 5.70 Å². The number of benzene rings is 2. The lowest BCUT2D eigenvalue weighted by molar-refractivity contribution is -0.129. The van der Waals surface area contributed by atoms with Crippen LogP contribution < -0.4 is 5.32 Å². The van der Waals surface area contributed by atoms with Crippen LogP contribution in [-0.2, 0) is 9.59 Å². The van der Waals surface area contributed by atoms with Crippen LogP contribution in [0.15, 0.2) is 47.9 Å². The molecule has 8 heteroatoms. The minimum absolute atomic E-state index is 0.128. The highest BCUT2D eigenvalue weighted by Gasteiger charge is 2.25. The van der Waals surface area contributed by atoms with Crippen molar-refractivity contribution in [2.24, 2.45) is 0 Å². The Kier molecular flexibility index (Phi) is 6.14. The summed E-state index contributed by atoms with van der Waals surface area (Å²) in [6, 6.07) is 12.4. The van der Waals surface area contributed by atoms with Crippen LogP contribution in [-0.4, -0.2) is 29.0 Å². The smallest absolute Gasteiger partial charge is 0.244 e. The van der Waals surface area contributed by atoms with E-state index in [2.05, 4.69) is 5.32 Å². The summed E-state index contributed by atoms with van der Waals surface area (Å²) in [6.07, 6.45) is 0. The number of hydrogen-bond donors (Lipinski definition) is 1. The van der Waals surface area contributed by atoms with E-state index in [1.165, 1.54) is 28.8 Å². The maximum absolute atomic E-state index is 12.5. The second-order valence-electron chi connectivity index (χ2n) is 5.45. The van der Waals surface area contributed by atoms with Crippen LogP contribution in [0.3, 0.4) is 0 Å². The van der Waals surface area contributed by atoms with E-state index in [1.54, 1.807) is 0 Å². The van der Waals surface area contributed by atoms with Crippen molar-refractivity contribution in [3.63, 3.8) is 0 Å². The monoisotopic (exact) mass is 426 g/mol. The Morgan fingerprint density at radius 2 is 1.77 bits per heavy atom. The minimum Gasteiger partial charge on any atom is -0.323 e. The zero-order valence-corrected chi connectivity index (χ0v) is 16.4. The van der Waals surface area contributed by atoms with E-state index in [4.69, 9.17) is 34.8 Å². The van der Waals surface area contributed by atoms with Crippen LogP contribution in [0.4, 0.5) is 5.69 Å². The van der Waals surface area contributed by atoms with E-state index in [-0.39, 0.29) is 34.2 Å². The molecule has 0 atom stereocenters. The standard InChI is InChI=1S/C18H13Cl3N2O2S/c19-12-6-14(21)15(7-13(12)20)22-17(24)8-23-16(9-26-10-18(23)25)11-4-2-1-3-5-11/h1-7,9H,8,10H2,(H,22,24). The molecule has 0 saturated heterocycles. The van der Waals surface area contributed by atoms with Gasteiger partial charge < -0.3 is 10.2 Å². The summed E-state index contributed by atoms with van der Waals surface area (Å²) in [4.78, 5) is 26.3. The van der Waals surface area contributed by atoms with Gasteiger partial charge in [-0.05, 0) is 23.1 Å². The zero-order chi connectivity index (χ0) is 18.7. The molecule has 1 aliphatic rings. The summed E-state index contributed by atoms with van der Waals surface area (Å²) in [7, 11) is 0. The largest absolute Gasteiger partial charge is 0.323 e. The molecule has 2 amide bonds. The fourth-order valence-corrected chi connectivity index (χ4v) is 3.82. The molecule has 0 unspecified atom stereocenters. The molecular formula is C18H13Cl3N2O2S. The lowest BCUT2D eigenvalue weighted by Gasteiger charge is -2.28. The lowest BCUT2D eigenvalue weighted by atomic mass is 10.1. The molecule has 1 heterocycles. The van der Waals surface area contributed by atoms with E-state index in [9.17, 15) is 9.59 Å². The molecule has 0 bridgehead atoms. The number of carbonyl (C=O) groups is 2. The Hall–Kier alpha value is -1.66. The van der Waals surface area contributed by atoms with Crippen molar-refractivity contribution in [2.45, 2.75) is 0 Å². The Balaban J connectivity index is 1.79. The predicted octanol–water partition coefficient (Wildman–Crippen LogP) is 5.16. The maximum Gasteiger partial charge on any atom is 0.244 e. The van der Waals surface area contributed by atoms with Gasteiger partial charge in [-0.3, -0.25) is 9.59 Å². The van der Waals surface area contributed by atoms with Gasteiger partial charge in [-0.2, -0.15) is 0 Å². The zero-order valence-electron chi connectivity index (χ0n) is 13.3. The summed E-state index contributed by atoms with van der Waals surface area (Å²) >= 11 is 19.4. The Morgan fingerprint density at radius 1 is 1.08 bits per heavy atom. The van der Waals surface area contributed by atoms with Gasteiger partial charge in [0.1, 0.15) is 6.54 Å². The molecule has 0 aromatic heterocycles. The van der Waals surface area contributed by atoms with Crippen molar-refractivity contribution < 1.29 is 9.59 Å². The van der Waals surface area contributed by atoms with Gasteiger partial charge in [-0.1, -0.05) is 65.1 Å². The average Bonchev–Trinajstić information content (AvgIpc) is 2.62. The molecule has 4 nitrogen and oxygen atoms in total. The Morgan fingerprint density at radius 3 is 2.50 bits per heavy atom. The van der Waals surface area contributed by atoms with Crippen molar-refractivity contribution in [1.82, 2.24) is 4.90 Å². The van der Waals surface area contributed by atoms with Crippen molar-refractivity contribution >= 4 is 69.8 Å². The number of anilines is 1. The first-order valence-corrected chi connectivity index (χ1v) is 9.76. The highest BCUT2D eigenvalue weighted by molar-refractivity contribution is 8.03. The molecule has 0 radical (unpaired) electrons. The molecule has 0 aliphatic carbocycles. The number of halogens is 3. The summed E-state index contributed by atoms with van der Waals surface area (Å²) in [5.41, 5.74) is 1.91. The number of thioether (sulfide) groups is 1. The first-order chi connectivity index (χ1) is 12.5. The van der Waals surface area contributed by atoms with Crippen LogP contribution in [0, 0.1) is 0 Å². The van der Waals surface area contributed by atoms with Crippen molar-refractivity contribution in [1.29, 1.82) is 0 Å². The number of hydrogen-bond acceptors (Lipinski definition) is 3. The molecule has 0 spiro atoms. The van der Waals surface area contributed by atoms with Gasteiger partial charge in [0.05, 0.1) is 32.2 Å². The Labute approximate surface area is 170 Å². The third-order valence-electron chi connectivity index (χ3n) is 3.65. The first kappa shape index (κ1) is 19.1. The molecule has 2 aromatic carbocycles. The molecule has 0 fully saturated rings. The molecule has 1 N–H and O–H groups in total. The SMILES string of the molecule is O=C(CN1C(=O)CSC=C1c1ccccc1)Nc1cc(Cl)c(Cl)cc1Cl. The average molecular weight is 428 g/mol. The topological polar surface area (TPSA) is 49.4 Å². The molecular weight excluding hydrogens is 415 g/mol. The van der Waals surface area contributed by atoms with Crippen LogP contribution in [0.5, 0.6) is 0 Å². The quantitative estimate of drug-likeness (QED) is 0.686. The van der Waals surface area contributed by atoms with Gasteiger partial charge in [-0.15, -0.1) is 11.8 Å². The molecule has 3 rings (SSSR count). The molecule has 26 heavy (non-hydrogen) atoms. The second-order valence-corrected chi connectivity index (χ2v) is 7.53. The number of carbonyl (C=O) groups excluding carboxylic acids is 2. The fraction of sp³-hybridized carbons (Fsp3) is 0.111. The van der Waals surface area contributed by atoms with E-state index in [0.29, 0.717) is 16.4 Å². The van der Waals surface area contributed by atoms with E-state index in [0.717, 1.165) is 5.56 Å².